The van der Waals surface area contributed by atoms with Gasteiger partial charge in [0.1, 0.15) is 0 Å². The summed E-state index contributed by atoms with van der Waals surface area (Å²) in [6.07, 6.45) is 8.88. The van der Waals surface area contributed by atoms with Gasteiger partial charge in [0.15, 0.2) is 5.82 Å². The van der Waals surface area contributed by atoms with E-state index in [0.29, 0.717) is 17.1 Å². The lowest BCUT2D eigenvalue weighted by molar-refractivity contribution is 0.698. The maximum absolute atomic E-state index is 12.0. The molecule has 1 aromatic heterocycles. The van der Waals surface area contributed by atoms with E-state index in [-0.39, 0.29) is 5.56 Å². The number of nitrogens with one attached hydrogen (secondary N) is 1. The third-order valence-electron chi connectivity index (χ3n) is 3.05. The van der Waals surface area contributed by atoms with Gasteiger partial charge < -0.3 is 9.88 Å². The molecule has 4 nitrogen and oxygen atoms in total. The molecule has 1 fully saturated rings. The third-order valence-corrected chi connectivity index (χ3v) is 4.09. The number of hydrogen-bond donors (Lipinski definition) is 1. The number of anilines is 1. The number of nitrogens with zero attached hydrogens (tertiary/aromatic N) is 2. The number of hydrogen-bond acceptors (Lipinski definition) is 4. The molecule has 1 aliphatic carbocycles. The lowest BCUT2D eigenvalue weighted by atomic mass is 10.3. The van der Waals surface area contributed by atoms with Crippen LogP contribution in [0.3, 0.4) is 0 Å². The lowest BCUT2D eigenvalue weighted by Crippen LogP contribution is -2.24. The molecule has 0 aromatic carbocycles. The first kappa shape index (κ1) is 12.5. The summed E-state index contributed by atoms with van der Waals surface area (Å²) in [7, 11) is 0. The second-order valence-corrected chi connectivity index (χ2v) is 5.76. The van der Waals surface area contributed by atoms with Crippen molar-refractivity contribution in [1.29, 1.82) is 0 Å². The quantitative estimate of drug-likeness (QED) is 0.843. The lowest BCUT2D eigenvalue weighted by Gasteiger charge is -2.10. The van der Waals surface area contributed by atoms with Crippen LogP contribution in [0.25, 0.3) is 0 Å². The second-order valence-electron chi connectivity index (χ2n) is 4.48. The topological polar surface area (TPSA) is 46.9 Å². The van der Waals surface area contributed by atoms with Crippen LogP contribution in [0.5, 0.6) is 0 Å². The van der Waals surface area contributed by atoms with Crippen LogP contribution in [-0.2, 0) is 0 Å². The van der Waals surface area contributed by atoms with Crippen LogP contribution in [0, 0.1) is 0 Å². The van der Waals surface area contributed by atoms with Gasteiger partial charge in [0.05, 0.1) is 0 Å². The number of rotatable bonds is 6. The van der Waals surface area contributed by atoms with Gasteiger partial charge in [0.2, 0.25) is 0 Å². The summed E-state index contributed by atoms with van der Waals surface area (Å²) in [5.74, 6) is 0.493. The van der Waals surface area contributed by atoms with Gasteiger partial charge in [-0.2, -0.15) is 11.8 Å². The molecule has 94 valence electrons. The highest BCUT2D eigenvalue weighted by molar-refractivity contribution is 7.99. The minimum atomic E-state index is 0.0202. The molecule has 5 heteroatoms. The Kier molecular flexibility index (Phi) is 4.10. The molecule has 2 rings (SSSR count). The summed E-state index contributed by atoms with van der Waals surface area (Å²) in [5.41, 5.74) is 0.0202. The smallest absolute Gasteiger partial charge is 0.293 e. The average Bonchev–Trinajstić information content (AvgIpc) is 3.15. The molecule has 0 amide bonds. The minimum absolute atomic E-state index is 0.0202. The Morgan fingerprint density at radius 1 is 1.65 bits per heavy atom. The van der Waals surface area contributed by atoms with Crippen LogP contribution in [0.15, 0.2) is 17.2 Å². The van der Waals surface area contributed by atoms with Gasteiger partial charge in [-0.3, -0.25) is 4.79 Å². The summed E-state index contributed by atoms with van der Waals surface area (Å²) < 4.78 is 1.80. The van der Waals surface area contributed by atoms with Crippen molar-refractivity contribution in [3.8, 4) is 0 Å². The van der Waals surface area contributed by atoms with Crippen molar-refractivity contribution in [3.05, 3.63) is 22.7 Å². The van der Waals surface area contributed by atoms with Gasteiger partial charge in [0, 0.05) is 30.2 Å². The van der Waals surface area contributed by atoms with Crippen molar-refractivity contribution in [1.82, 2.24) is 9.55 Å². The van der Waals surface area contributed by atoms with Crippen LogP contribution in [0.4, 0.5) is 5.82 Å². The Morgan fingerprint density at radius 2 is 2.41 bits per heavy atom. The van der Waals surface area contributed by atoms with Crippen LogP contribution in [0.1, 0.15) is 32.2 Å². The normalized spacial score (nSPS) is 16.8. The van der Waals surface area contributed by atoms with Crippen molar-refractivity contribution in [2.75, 3.05) is 18.1 Å². The Labute approximate surface area is 106 Å². The summed E-state index contributed by atoms with van der Waals surface area (Å²) >= 11 is 1.84. The van der Waals surface area contributed by atoms with Crippen molar-refractivity contribution in [2.45, 2.75) is 37.5 Å². The van der Waals surface area contributed by atoms with E-state index >= 15 is 0 Å². The SMILES string of the molecule is CSC(C)CCNc1nccn(C2CC2)c1=O. The van der Waals surface area contributed by atoms with Gasteiger partial charge in [0.25, 0.3) is 5.56 Å². The van der Waals surface area contributed by atoms with Crippen LogP contribution >= 0.6 is 11.8 Å². The second kappa shape index (κ2) is 5.58. The summed E-state index contributed by atoms with van der Waals surface area (Å²) in [6.45, 7) is 2.99. The molecule has 0 aliphatic heterocycles. The minimum Gasteiger partial charge on any atom is -0.365 e. The van der Waals surface area contributed by atoms with E-state index in [1.165, 1.54) is 0 Å². The molecule has 1 aliphatic rings. The third kappa shape index (κ3) is 3.25. The molecular formula is C12H19N3OS. The van der Waals surface area contributed by atoms with Gasteiger partial charge in [-0.25, -0.2) is 4.98 Å². The molecule has 0 radical (unpaired) electrons. The Bertz CT molecular complexity index is 428. The predicted octanol–water partition coefficient (Wildman–Crippen LogP) is 2.13. The van der Waals surface area contributed by atoms with Crippen molar-refractivity contribution in [2.24, 2.45) is 0 Å². The fourth-order valence-electron chi connectivity index (χ4n) is 1.70. The van der Waals surface area contributed by atoms with E-state index in [9.17, 15) is 4.79 Å². The van der Waals surface area contributed by atoms with Crippen LogP contribution in [0.2, 0.25) is 0 Å². The summed E-state index contributed by atoms with van der Waals surface area (Å²) in [6, 6.07) is 0.413. The molecule has 1 N–H and O–H groups in total. The molecule has 1 atom stereocenters. The van der Waals surface area contributed by atoms with Crippen molar-refractivity contribution in [3.63, 3.8) is 0 Å². The molecular weight excluding hydrogens is 234 g/mol. The first-order valence-corrected chi connectivity index (χ1v) is 7.35. The van der Waals surface area contributed by atoms with Gasteiger partial charge in [-0.15, -0.1) is 0 Å². The Morgan fingerprint density at radius 3 is 3.06 bits per heavy atom. The molecule has 1 heterocycles. The summed E-state index contributed by atoms with van der Waals surface area (Å²) in [4.78, 5) is 16.1. The Balaban J connectivity index is 1.96. The summed E-state index contributed by atoms with van der Waals surface area (Å²) in [5, 5.41) is 3.75. The molecule has 0 bridgehead atoms. The fourth-order valence-corrected chi connectivity index (χ4v) is 2.05. The van der Waals surface area contributed by atoms with Crippen molar-refractivity contribution >= 4 is 17.6 Å². The van der Waals surface area contributed by atoms with Crippen molar-refractivity contribution < 1.29 is 0 Å². The van der Waals surface area contributed by atoms with E-state index in [0.717, 1.165) is 25.8 Å². The molecule has 17 heavy (non-hydrogen) atoms. The monoisotopic (exact) mass is 253 g/mol. The largest absolute Gasteiger partial charge is 0.365 e. The number of aromatic nitrogens is 2. The highest BCUT2D eigenvalue weighted by atomic mass is 32.2. The fraction of sp³-hybridized carbons (Fsp3) is 0.667. The molecule has 0 saturated heterocycles. The highest BCUT2D eigenvalue weighted by Crippen LogP contribution is 2.33. The van der Waals surface area contributed by atoms with E-state index in [1.54, 1.807) is 17.0 Å². The zero-order chi connectivity index (χ0) is 12.3. The standard InChI is InChI=1S/C12H19N3OS/c1-9(17-2)5-6-13-11-12(16)15(8-7-14-11)10-3-4-10/h7-10H,3-6H2,1-2H3,(H,13,14). The van der Waals surface area contributed by atoms with E-state index in [2.05, 4.69) is 23.5 Å². The molecule has 1 aromatic rings. The van der Waals surface area contributed by atoms with Crippen LogP contribution in [-0.4, -0.2) is 27.6 Å². The van der Waals surface area contributed by atoms with E-state index < -0.39 is 0 Å². The highest BCUT2D eigenvalue weighted by Gasteiger charge is 2.25. The number of thioether (sulfide) groups is 1. The Hall–Kier alpha value is -0.970. The van der Waals surface area contributed by atoms with E-state index in [1.807, 2.05) is 11.8 Å². The van der Waals surface area contributed by atoms with Gasteiger partial charge >= 0.3 is 0 Å². The van der Waals surface area contributed by atoms with Gasteiger partial charge in [-0.05, 0) is 25.5 Å². The average molecular weight is 253 g/mol. The van der Waals surface area contributed by atoms with E-state index in [4.69, 9.17) is 0 Å². The van der Waals surface area contributed by atoms with Gasteiger partial charge in [-0.1, -0.05) is 6.92 Å². The molecule has 1 unspecified atom stereocenters. The maximum Gasteiger partial charge on any atom is 0.293 e. The molecule has 1 saturated carbocycles. The van der Waals surface area contributed by atoms with Crippen LogP contribution < -0.4 is 10.9 Å². The maximum atomic E-state index is 12.0. The first-order chi connectivity index (χ1) is 8.22. The zero-order valence-electron chi connectivity index (χ0n) is 10.3. The first-order valence-electron chi connectivity index (χ1n) is 6.06. The zero-order valence-corrected chi connectivity index (χ0v) is 11.2. The molecule has 0 spiro atoms. The predicted molar refractivity (Wildman–Crippen MR) is 72.9 cm³/mol.